The van der Waals surface area contributed by atoms with Gasteiger partial charge in [0.05, 0.1) is 12.7 Å². The van der Waals surface area contributed by atoms with Crippen molar-refractivity contribution in [1.29, 1.82) is 0 Å². The molecule has 7 nitrogen and oxygen atoms in total. The Kier molecular flexibility index (Phi) is 5.13. The van der Waals surface area contributed by atoms with E-state index in [1.165, 1.54) is 7.11 Å². The van der Waals surface area contributed by atoms with Gasteiger partial charge in [0.1, 0.15) is 5.76 Å². The number of anilines is 2. The van der Waals surface area contributed by atoms with E-state index in [9.17, 15) is 9.59 Å². The molecule has 0 aliphatic rings. The van der Waals surface area contributed by atoms with Crippen LogP contribution in [0.1, 0.15) is 22.5 Å². The fourth-order valence-corrected chi connectivity index (χ4v) is 1.83. The Labute approximate surface area is 127 Å². The number of aryl methyl sites for hydroxylation is 1. The number of hydrogen-bond acceptors (Lipinski definition) is 6. The number of nitrogens with one attached hydrogen (secondary N) is 2. The molecule has 1 aromatic heterocycles. The van der Waals surface area contributed by atoms with Crippen molar-refractivity contribution in [3.63, 3.8) is 0 Å². The highest BCUT2D eigenvalue weighted by Crippen LogP contribution is 2.12. The van der Waals surface area contributed by atoms with Gasteiger partial charge in [-0.1, -0.05) is 11.2 Å². The number of aromatic nitrogens is 1. The maximum atomic E-state index is 11.7. The standard InChI is InChI=1S/C15H17N3O4/c1-10-8-13(18-22-10)17-14(19)6-7-16-12-5-3-4-11(9-12)15(20)21-2/h3-5,8-9,16H,6-7H2,1-2H3,(H,17,18,19). The molecular formula is C15H17N3O4. The Balaban J connectivity index is 1.80. The molecule has 0 unspecified atom stereocenters. The normalized spacial score (nSPS) is 10.1. The lowest BCUT2D eigenvalue weighted by Gasteiger charge is -2.07. The molecule has 2 rings (SSSR count). The minimum atomic E-state index is -0.400. The number of ether oxygens (including phenoxy) is 1. The molecule has 0 saturated heterocycles. The summed E-state index contributed by atoms with van der Waals surface area (Å²) in [6.07, 6.45) is 0.258. The molecular weight excluding hydrogens is 286 g/mol. The number of benzene rings is 1. The third kappa shape index (κ3) is 4.34. The van der Waals surface area contributed by atoms with E-state index in [1.54, 1.807) is 31.2 Å². The number of hydrogen-bond donors (Lipinski definition) is 2. The molecule has 0 fully saturated rings. The predicted octanol–water partition coefficient (Wildman–Crippen LogP) is 2.21. The summed E-state index contributed by atoms with van der Waals surface area (Å²) in [6, 6.07) is 8.53. The molecule has 0 radical (unpaired) electrons. The lowest BCUT2D eigenvalue weighted by Crippen LogP contribution is -2.16. The van der Waals surface area contributed by atoms with E-state index in [-0.39, 0.29) is 12.3 Å². The Morgan fingerprint density at radius 2 is 2.14 bits per heavy atom. The molecule has 0 aliphatic heterocycles. The molecule has 2 aromatic rings. The van der Waals surface area contributed by atoms with E-state index in [2.05, 4.69) is 20.5 Å². The summed E-state index contributed by atoms with van der Waals surface area (Å²) in [4.78, 5) is 23.1. The molecule has 0 spiro atoms. The van der Waals surface area contributed by atoms with Gasteiger partial charge in [-0.3, -0.25) is 4.79 Å². The molecule has 0 atom stereocenters. The van der Waals surface area contributed by atoms with Crippen LogP contribution in [0.5, 0.6) is 0 Å². The molecule has 0 bridgehead atoms. The fourth-order valence-electron chi connectivity index (χ4n) is 1.83. The zero-order valence-electron chi connectivity index (χ0n) is 12.4. The first-order valence-electron chi connectivity index (χ1n) is 6.74. The van der Waals surface area contributed by atoms with Crippen molar-refractivity contribution in [3.05, 3.63) is 41.7 Å². The second kappa shape index (κ2) is 7.26. The topological polar surface area (TPSA) is 93.5 Å². The van der Waals surface area contributed by atoms with Gasteiger partial charge in [-0.25, -0.2) is 4.79 Å². The zero-order chi connectivity index (χ0) is 15.9. The largest absolute Gasteiger partial charge is 0.465 e. The summed E-state index contributed by atoms with van der Waals surface area (Å²) in [7, 11) is 1.33. The first-order chi connectivity index (χ1) is 10.6. The zero-order valence-corrected chi connectivity index (χ0v) is 12.4. The van der Waals surface area contributed by atoms with Crippen molar-refractivity contribution < 1.29 is 18.8 Å². The van der Waals surface area contributed by atoms with Crippen LogP contribution in [-0.2, 0) is 9.53 Å². The van der Waals surface area contributed by atoms with Crippen LogP contribution in [0.15, 0.2) is 34.9 Å². The van der Waals surface area contributed by atoms with Gasteiger partial charge >= 0.3 is 5.97 Å². The van der Waals surface area contributed by atoms with Crippen molar-refractivity contribution in [2.24, 2.45) is 0 Å². The third-order valence-electron chi connectivity index (χ3n) is 2.86. The van der Waals surface area contributed by atoms with Gasteiger partial charge in [0.2, 0.25) is 5.91 Å². The van der Waals surface area contributed by atoms with E-state index in [0.717, 1.165) is 5.69 Å². The van der Waals surface area contributed by atoms with Gasteiger partial charge in [-0.2, -0.15) is 0 Å². The van der Waals surface area contributed by atoms with Gasteiger partial charge in [0.15, 0.2) is 5.82 Å². The highest BCUT2D eigenvalue weighted by atomic mass is 16.5. The van der Waals surface area contributed by atoms with Crippen LogP contribution in [-0.4, -0.2) is 30.7 Å². The minimum absolute atomic E-state index is 0.176. The van der Waals surface area contributed by atoms with Crippen LogP contribution < -0.4 is 10.6 Å². The average Bonchev–Trinajstić information content (AvgIpc) is 2.91. The number of carbonyl (C=O) groups is 2. The smallest absolute Gasteiger partial charge is 0.337 e. The van der Waals surface area contributed by atoms with Crippen LogP contribution in [0.3, 0.4) is 0 Å². The predicted molar refractivity (Wildman–Crippen MR) is 80.8 cm³/mol. The first-order valence-corrected chi connectivity index (χ1v) is 6.74. The summed E-state index contributed by atoms with van der Waals surface area (Å²) in [5.74, 6) is 0.455. The number of methoxy groups -OCH3 is 1. The van der Waals surface area contributed by atoms with E-state index >= 15 is 0 Å². The number of amides is 1. The Morgan fingerprint density at radius 3 is 2.82 bits per heavy atom. The summed E-state index contributed by atoms with van der Waals surface area (Å²) in [5.41, 5.74) is 1.20. The van der Waals surface area contributed by atoms with Crippen LogP contribution in [0.25, 0.3) is 0 Å². The minimum Gasteiger partial charge on any atom is -0.465 e. The van der Waals surface area contributed by atoms with Gasteiger partial charge < -0.3 is 19.9 Å². The Morgan fingerprint density at radius 1 is 1.32 bits per heavy atom. The van der Waals surface area contributed by atoms with Crippen LogP contribution in [0, 0.1) is 6.92 Å². The summed E-state index contributed by atoms with van der Waals surface area (Å²) in [5, 5.41) is 9.39. The molecule has 1 aromatic carbocycles. The van der Waals surface area contributed by atoms with Crippen molar-refractivity contribution in [3.8, 4) is 0 Å². The van der Waals surface area contributed by atoms with Crippen molar-refractivity contribution in [2.45, 2.75) is 13.3 Å². The summed E-state index contributed by atoms with van der Waals surface area (Å²) in [6.45, 7) is 2.17. The number of rotatable bonds is 6. The van der Waals surface area contributed by atoms with Gasteiger partial charge in [-0.15, -0.1) is 0 Å². The molecule has 1 amide bonds. The molecule has 22 heavy (non-hydrogen) atoms. The lowest BCUT2D eigenvalue weighted by atomic mass is 10.2. The third-order valence-corrected chi connectivity index (χ3v) is 2.86. The Bertz CT molecular complexity index is 666. The molecule has 2 N–H and O–H groups in total. The Hall–Kier alpha value is -2.83. The fraction of sp³-hybridized carbons (Fsp3) is 0.267. The lowest BCUT2D eigenvalue weighted by molar-refractivity contribution is -0.116. The van der Waals surface area contributed by atoms with E-state index in [1.807, 2.05) is 6.07 Å². The van der Waals surface area contributed by atoms with Crippen molar-refractivity contribution in [2.75, 3.05) is 24.3 Å². The highest BCUT2D eigenvalue weighted by Gasteiger charge is 2.07. The second-order valence-corrected chi connectivity index (χ2v) is 4.62. The molecule has 0 aliphatic carbocycles. The van der Waals surface area contributed by atoms with Crippen LogP contribution in [0.2, 0.25) is 0 Å². The maximum absolute atomic E-state index is 11.7. The van der Waals surface area contributed by atoms with E-state index < -0.39 is 5.97 Å². The number of nitrogens with zero attached hydrogens (tertiary/aromatic N) is 1. The van der Waals surface area contributed by atoms with E-state index in [4.69, 9.17) is 4.52 Å². The van der Waals surface area contributed by atoms with Crippen LogP contribution in [0.4, 0.5) is 11.5 Å². The molecule has 1 heterocycles. The number of esters is 1. The van der Waals surface area contributed by atoms with Gasteiger partial charge in [0, 0.05) is 24.7 Å². The summed E-state index contributed by atoms with van der Waals surface area (Å²) < 4.78 is 9.52. The van der Waals surface area contributed by atoms with E-state index in [0.29, 0.717) is 23.7 Å². The van der Waals surface area contributed by atoms with Crippen molar-refractivity contribution in [1.82, 2.24) is 5.16 Å². The van der Waals surface area contributed by atoms with Crippen molar-refractivity contribution >= 4 is 23.4 Å². The molecule has 7 heteroatoms. The molecule has 0 saturated carbocycles. The maximum Gasteiger partial charge on any atom is 0.337 e. The quantitative estimate of drug-likeness (QED) is 0.795. The van der Waals surface area contributed by atoms with Gasteiger partial charge in [0.25, 0.3) is 0 Å². The molecule has 116 valence electrons. The summed E-state index contributed by atoms with van der Waals surface area (Å²) >= 11 is 0. The monoisotopic (exact) mass is 303 g/mol. The first kappa shape index (κ1) is 15.6. The second-order valence-electron chi connectivity index (χ2n) is 4.62. The highest BCUT2D eigenvalue weighted by molar-refractivity contribution is 5.91. The average molecular weight is 303 g/mol. The number of carbonyl (C=O) groups excluding carboxylic acids is 2. The van der Waals surface area contributed by atoms with Crippen LogP contribution >= 0.6 is 0 Å². The van der Waals surface area contributed by atoms with Gasteiger partial charge in [-0.05, 0) is 25.1 Å². The SMILES string of the molecule is COC(=O)c1cccc(NCCC(=O)Nc2cc(C)on2)c1.